The molecule has 2 fully saturated rings. The third kappa shape index (κ3) is 2.69. The van der Waals surface area contributed by atoms with Gasteiger partial charge in [0.15, 0.2) is 0 Å². The molecule has 2 aromatic carbocycles. The fourth-order valence-corrected chi connectivity index (χ4v) is 5.62. The highest BCUT2D eigenvalue weighted by atomic mass is 19.1. The van der Waals surface area contributed by atoms with Crippen molar-refractivity contribution in [2.24, 2.45) is 17.8 Å². The first-order valence-electron chi connectivity index (χ1n) is 10.7. The molecule has 2 saturated heterocycles. The maximum absolute atomic E-state index is 13.7. The summed E-state index contributed by atoms with van der Waals surface area (Å²) >= 11 is 0. The van der Waals surface area contributed by atoms with Gasteiger partial charge in [-0.3, -0.25) is 19.3 Å². The second-order valence-corrected chi connectivity index (χ2v) is 8.89. The van der Waals surface area contributed by atoms with E-state index >= 15 is 0 Å². The average molecular weight is 422 g/mol. The lowest BCUT2D eigenvalue weighted by molar-refractivity contribution is -0.738. The minimum absolute atomic E-state index is 0.0809. The minimum Gasteiger partial charge on any atom is -0.326 e. The molecule has 1 spiro atoms. The third-order valence-corrected chi connectivity index (χ3v) is 7.35. The van der Waals surface area contributed by atoms with Crippen LogP contribution < -0.4 is 10.6 Å². The number of carbonyl (C=O) groups is 3. The number of benzene rings is 2. The van der Waals surface area contributed by atoms with Crippen molar-refractivity contribution < 1.29 is 24.1 Å². The van der Waals surface area contributed by atoms with Crippen molar-refractivity contribution >= 4 is 23.4 Å². The molecule has 5 rings (SSSR count). The first kappa shape index (κ1) is 19.9. The second kappa shape index (κ2) is 6.99. The van der Waals surface area contributed by atoms with Crippen LogP contribution in [-0.4, -0.2) is 28.7 Å². The van der Waals surface area contributed by atoms with Gasteiger partial charge in [0.05, 0.1) is 12.2 Å². The molecule has 31 heavy (non-hydrogen) atoms. The second-order valence-electron chi connectivity index (χ2n) is 8.89. The van der Waals surface area contributed by atoms with Crippen LogP contribution in [-0.2, 0) is 26.5 Å². The summed E-state index contributed by atoms with van der Waals surface area (Å²) in [7, 11) is 0. The predicted molar refractivity (Wildman–Crippen MR) is 111 cm³/mol. The summed E-state index contributed by atoms with van der Waals surface area (Å²) in [5.74, 6) is -2.36. The number of carbonyl (C=O) groups excluding carboxylic acids is 3. The van der Waals surface area contributed by atoms with Crippen molar-refractivity contribution in [3.63, 3.8) is 0 Å². The van der Waals surface area contributed by atoms with Gasteiger partial charge in [0.25, 0.3) is 5.91 Å². The number of nitrogens with two attached hydrogens (primary N) is 1. The number of imide groups is 1. The Kier molecular flexibility index (Phi) is 4.48. The number of para-hydroxylation sites is 1. The molecule has 3 N–H and O–H groups in total. The van der Waals surface area contributed by atoms with E-state index in [9.17, 15) is 18.8 Å². The molecule has 6 nitrogen and oxygen atoms in total. The zero-order valence-electron chi connectivity index (χ0n) is 17.5. The predicted octanol–water partition coefficient (Wildman–Crippen LogP) is 1.77. The number of anilines is 1. The topological polar surface area (TPSA) is 83.1 Å². The number of fused-ring (bicyclic) bond motifs is 4. The van der Waals surface area contributed by atoms with Gasteiger partial charge in [-0.25, -0.2) is 4.39 Å². The van der Waals surface area contributed by atoms with Crippen LogP contribution in [0.25, 0.3) is 0 Å². The Morgan fingerprint density at radius 2 is 1.81 bits per heavy atom. The van der Waals surface area contributed by atoms with E-state index < -0.39 is 17.4 Å². The van der Waals surface area contributed by atoms with Gasteiger partial charge in [-0.15, -0.1) is 0 Å². The minimum atomic E-state index is -1.14. The molecule has 0 bridgehead atoms. The molecule has 2 aromatic rings. The van der Waals surface area contributed by atoms with Crippen LogP contribution in [0.4, 0.5) is 10.1 Å². The maximum atomic E-state index is 13.7. The van der Waals surface area contributed by atoms with E-state index in [4.69, 9.17) is 0 Å². The Morgan fingerprint density at radius 1 is 1.10 bits per heavy atom. The van der Waals surface area contributed by atoms with Gasteiger partial charge in [-0.05, 0) is 30.2 Å². The van der Waals surface area contributed by atoms with Crippen molar-refractivity contribution in [3.8, 4) is 0 Å². The average Bonchev–Trinajstić information content (AvgIpc) is 3.36. The number of hydrogen-bond donors (Lipinski definition) is 2. The quantitative estimate of drug-likeness (QED) is 0.737. The molecule has 3 aliphatic heterocycles. The SMILES string of the molecule is CC[C@H](C)[C@@H]1[NH2+][C@]2(C(=O)Nc3ccccc32)[C@@H]2C(=O)N(Cc3ccc(F)cc3)C(=O)[C@H]12. The van der Waals surface area contributed by atoms with E-state index in [1.165, 1.54) is 17.0 Å². The molecule has 3 aliphatic rings. The van der Waals surface area contributed by atoms with Crippen molar-refractivity contribution in [2.45, 2.75) is 38.4 Å². The van der Waals surface area contributed by atoms with Gasteiger partial charge in [0, 0.05) is 11.5 Å². The van der Waals surface area contributed by atoms with Crippen molar-refractivity contribution in [3.05, 3.63) is 65.5 Å². The summed E-state index contributed by atoms with van der Waals surface area (Å²) in [4.78, 5) is 41.8. The fraction of sp³-hybridized carbons (Fsp3) is 0.375. The lowest BCUT2D eigenvalue weighted by Crippen LogP contribution is -2.99. The van der Waals surface area contributed by atoms with Crippen LogP contribution >= 0.6 is 0 Å². The Bertz CT molecular complexity index is 1090. The van der Waals surface area contributed by atoms with Crippen LogP contribution in [0.5, 0.6) is 0 Å². The molecule has 0 unspecified atom stereocenters. The number of quaternary nitrogens is 1. The maximum Gasteiger partial charge on any atom is 0.291 e. The van der Waals surface area contributed by atoms with Crippen LogP contribution in [0.3, 0.4) is 0 Å². The first-order valence-corrected chi connectivity index (χ1v) is 10.7. The molecule has 3 amide bonds. The van der Waals surface area contributed by atoms with Gasteiger partial charge in [0.2, 0.25) is 17.4 Å². The molecule has 7 heteroatoms. The zero-order chi connectivity index (χ0) is 21.9. The summed E-state index contributed by atoms with van der Waals surface area (Å²) in [5.41, 5.74) is 1.01. The normalized spacial score (nSPS) is 30.0. The highest BCUT2D eigenvalue weighted by Crippen LogP contribution is 2.50. The van der Waals surface area contributed by atoms with Gasteiger partial charge in [-0.1, -0.05) is 44.2 Å². The Labute approximate surface area is 179 Å². The lowest BCUT2D eigenvalue weighted by Gasteiger charge is -2.27. The summed E-state index contributed by atoms with van der Waals surface area (Å²) in [6.45, 7) is 4.20. The van der Waals surface area contributed by atoms with Crippen molar-refractivity contribution in [1.82, 2.24) is 4.90 Å². The Morgan fingerprint density at radius 3 is 2.52 bits per heavy atom. The molecule has 5 atom stereocenters. The molecule has 0 radical (unpaired) electrons. The number of halogens is 1. The standard InChI is InChI=1S/C24H24FN3O3/c1-3-13(2)20-18-19(24(27-20)16-6-4-5-7-17(16)26-23(24)31)22(30)28(21(18)29)12-14-8-10-15(25)11-9-14/h4-11,13,18-20,27H,3,12H2,1-2H3,(H,26,31)/p+1/t13-,18-,19-,20-,24-/m0/s1. The molecule has 0 saturated carbocycles. The van der Waals surface area contributed by atoms with E-state index in [1.54, 1.807) is 12.1 Å². The van der Waals surface area contributed by atoms with Crippen LogP contribution in [0.1, 0.15) is 31.4 Å². The van der Waals surface area contributed by atoms with Gasteiger partial charge in [-0.2, -0.15) is 0 Å². The van der Waals surface area contributed by atoms with Crippen LogP contribution in [0.15, 0.2) is 48.5 Å². The number of rotatable bonds is 4. The molecular weight excluding hydrogens is 397 g/mol. The summed E-state index contributed by atoms with van der Waals surface area (Å²) in [6, 6.07) is 13.0. The zero-order valence-corrected chi connectivity index (χ0v) is 17.5. The summed E-state index contributed by atoms with van der Waals surface area (Å²) in [5, 5.41) is 4.91. The fourth-order valence-electron chi connectivity index (χ4n) is 5.62. The van der Waals surface area contributed by atoms with E-state index in [0.29, 0.717) is 11.3 Å². The van der Waals surface area contributed by atoms with Crippen LogP contribution in [0, 0.1) is 23.6 Å². The summed E-state index contributed by atoms with van der Waals surface area (Å²) < 4.78 is 13.3. The molecule has 0 aliphatic carbocycles. The molecular formula is C24H25FN3O3+. The number of nitrogens with one attached hydrogen (secondary N) is 1. The monoisotopic (exact) mass is 422 g/mol. The number of amides is 3. The Balaban J connectivity index is 1.60. The first-order chi connectivity index (χ1) is 14.9. The number of likely N-dealkylation sites (tertiary alicyclic amines) is 1. The number of hydrogen-bond acceptors (Lipinski definition) is 3. The largest absolute Gasteiger partial charge is 0.326 e. The van der Waals surface area contributed by atoms with Crippen molar-refractivity contribution in [1.29, 1.82) is 0 Å². The van der Waals surface area contributed by atoms with Crippen molar-refractivity contribution in [2.75, 3.05) is 5.32 Å². The smallest absolute Gasteiger partial charge is 0.291 e. The highest BCUT2D eigenvalue weighted by molar-refractivity contribution is 6.13. The summed E-state index contributed by atoms with van der Waals surface area (Å²) in [6.07, 6.45) is 0.836. The molecule has 0 aromatic heterocycles. The lowest BCUT2D eigenvalue weighted by atomic mass is 9.75. The van der Waals surface area contributed by atoms with E-state index in [2.05, 4.69) is 19.2 Å². The van der Waals surface area contributed by atoms with E-state index in [1.807, 2.05) is 29.6 Å². The third-order valence-electron chi connectivity index (χ3n) is 7.35. The molecule has 160 valence electrons. The van der Waals surface area contributed by atoms with E-state index in [-0.39, 0.29) is 42.0 Å². The van der Waals surface area contributed by atoms with Gasteiger partial charge >= 0.3 is 0 Å². The van der Waals surface area contributed by atoms with E-state index in [0.717, 1.165) is 12.0 Å². The van der Waals surface area contributed by atoms with Gasteiger partial charge in [0.1, 0.15) is 23.7 Å². The Hall–Kier alpha value is -3.06. The molecule has 3 heterocycles. The number of nitrogens with zero attached hydrogens (tertiary/aromatic N) is 1. The van der Waals surface area contributed by atoms with Crippen LogP contribution in [0.2, 0.25) is 0 Å². The van der Waals surface area contributed by atoms with Gasteiger partial charge < -0.3 is 10.6 Å². The highest BCUT2D eigenvalue weighted by Gasteiger charge is 2.74.